The van der Waals surface area contributed by atoms with Crippen molar-refractivity contribution in [3.63, 3.8) is 0 Å². The fraction of sp³-hybridized carbons (Fsp3) is 0.333. The Morgan fingerprint density at radius 2 is 2.21 bits per heavy atom. The van der Waals surface area contributed by atoms with Crippen LogP contribution in [0.15, 0.2) is 18.3 Å². The normalized spacial score (nSPS) is 14.4. The maximum atomic E-state index is 9.53. The number of rotatable bonds is 3. The molecule has 1 aromatic rings. The average Bonchev–Trinajstić information content (AvgIpc) is 2.18. The van der Waals surface area contributed by atoms with Crippen LogP contribution in [0.2, 0.25) is 5.15 Å². The van der Waals surface area contributed by atoms with Crippen LogP contribution in [0.5, 0.6) is 0 Å². The van der Waals surface area contributed by atoms with Gasteiger partial charge in [-0.15, -0.1) is 0 Å². The van der Waals surface area contributed by atoms with Crippen LogP contribution in [0, 0.1) is 11.3 Å². The molecule has 4 nitrogen and oxygen atoms in total. The van der Waals surface area contributed by atoms with E-state index in [4.69, 9.17) is 16.9 Å². The Balaban J connectivity index is 2.74. The monoisotopic (exact) mass is 212 g/mol. The maximum Gasteiger partial charge on any atom is 0.129 e. The second kappa shape index (κ2) is 4.91. The van der Waals surface area contributed by atoms with Gasteiger partial charge < -0.3 is 10.2 Å². The van der Waals surface area contributed by atoms with Crippen molar-refractivity contribution >= 4 is 11.6 Å². The van der Waals surface area contributed by atoms with Crippen LogP contribution in [0.1, 0.15) is 18.1 Å². The number of aromatic nitrogens is 1. The summed E-state index contributed by atoms with van der Waals surface area (Å²) in [5.74, 6) is 0. The van der Waals surface area contributed by atoms with Gasteiger partial charge in [-0.3, -0.25) is 0 Å². The van der Waals surface area contributed by atoms with E-state index in [1.807, 2.05) is 0 Å². The number of halogens is 1. The van der Waals surface area contributed by atoms with Gasteiger partial charge in [0.1, 0.15) is 11.3 Å². The highest BCUT2D eigenvalue weighted by Gasteiger charge is 2.17. The summed E-state index contributed by atoms with van der Waals surface area (Å²) in [5, 5.41) is 27.5. The van der Waals surface area contributed by atoms with Crippen molar-refractivity contribution in [1.29, 1.82) is 5.26 Å². The van der Waals surface area contributed by atoms with Gasteiger partial charge in [0.05, 0.1) is 18.6 Å². The zero-order valence-electron chi connectivity index (χ0n) is 7.26. The Bertz CT molecular complexity index is 334. The number of hydrogen-bond donors (Lipinski definition) is 2. The summed E-state index contributed by atoms with van der Waals surface area (Å²) < 4.78 is 0. The van der Waals surface area contributed by atoms with E-state index in [0.717, 1.165) is 0 Å². The second-order valence-corrected chi connectivity index (χ2v) is 3.18. The lowest BCUT2D eigenvalue weighted by atomic mass is 10.0. The fourth-order valence-corrected chi connectivity index (χ4v) is 1.10. The summed E-state index contributed by atoms with van der Waals surface area (Å²) in [6.07, 6.45) is -0.945. The predicted octanol–water partition coefficient (Wildman–Crippen LogP) is 1.04. The third-order valence-electron chi connectivity index (χ3n) is 1.76. The topological polar surface area (TPSA) is 77.1 Å². The molecule has 0 saturated heterocycles. The molecule has 0 aliphatic carbocycles. The third-order valence-corrected chi connectivity index (χ3v) is 1.98. The van der Waals surface area contributed by atoms with E-state index in [1.54, 1.807) is 12.1 Å². The largest absolute Gasteiger partial charge is 0.389 e. The number of aliphatic hydroxyl groups is 2. The molecular weight excluding hydrogens is 204 g/mol. The first-order chi connectivity index (χ1) is 6.65. The zero-order valence-corrected chi connectivity index (χ0v) is 8.02. The summed E-state index contributed by atoms with van der Waals surface area (Å²) in [7, 11) is 0. The van der Waals surface area contributed by atoms with Crippen molar-refractivity contribution in [2.24, 2.45) is 0 Å². The average molecular weight is 213 g/mol. The first kappa shape index (κ1) is 10.9. The van der Waals surface area contributed by atoms with Crippen LogP contribution in [-0.4, -0.2) is 21.3 Å². The molecule has 5 heteroatoms. The zero-order chi connectivity index (χ0) is 10.6. The van der Waals surface area contributed by atoms with Gasteiger partial charge in [0, 0.05) is 11.8 Å². The highest BCUT2D eigenvalue weighted by Crippen LogP contribution is 2.18. The molecule has 0 saturated carbocycles. The Morgan fingerprint density at radius 3 is 2.71 bits per heavy atom. The molecule has 0 spiro atoms. The van der Waals surface area contributed by atoms with Crippen LogP contribution in [0.3, 0.4) is 0 Å². The smallest absolute Gasteiger partial charge is 0.129 e. The van der Waals surface area contributed by atoms with Gasteiger partial charge in [-0.05, 0) is 6.07 Å². The molecular formula is C9H9ClN2O2. The molecule has 0 aliphatic rings. The van der Waals surface area contributed by atoms with Gasteiger partial charge in [0.15, 0.2) is 0 Å². The third kappa shape index (κ3) is 2.67. The van der Waals surface area contributed by atoms with E-state index in [-0.39, 0.29) is 6.42 Å². The number of nitriles is 1. The molecule has 0 aromatic carbocycles. The molecule has 2 atom stereocenters. The lowest BCUT2D eigenvalue weighted by Crippen LogP contribution is -2.17. The number of hydrogen-bond acceptors (Lipinski definition) is 4. The fourth-order valence-electron chi connectivity index (χ4n) is 0.990. The van der Waals surface area contributed by atoms with Crippen molar-refractivity contribution in [3.05, 3.63) is 29.0 Å². The minimum absolute atomic E-state index is 0.121. The molecule has 2 N–H and O–H groups in total. The Hall–Kier alpha value is -1.15. The molecule has 2 unspecified atom stereocenters. The minimum Gasteiger partial charge on any atom is -0.389 e. The minimum atomic E-state index is -1.10. The van der Waals surface area contributed by atoms with E-state index in [0.29, 0.717) is 10.7 Å². The Kier molecular flexibility index (Phi) is 3.84. The van der Waals surface area contributed by atoms with Crippen LogP contribution in [0.25, 0.3) is 0 Å². The quantitative estimate of drug-likeness (QED) is 0.734. The van der Waals surface area contributed by atoms with E-state index in [1.165, 1.54) is 12.3 Å². The van der Waals surface area contributed by atoms with Crippen LogP contribution < -0.4 is 0 Å². The van der Waals surface area contributed by atoms with Crippen molar-refractivity contribution < 1.29 is 10.2 Å². The number of nitrogens with zero attached hydrogens (tertiary/aromatic N) is 2. The summed E-state index contributed by atoms with van der Waals surface area (Å²) >= 11 is 5.55. The molecule has 0 amide bonds. The summed E-state index contributed by atoms with van der Waals surface area (Å²) in [6.45, 7) is 0. The molecule has 0 fully saturated rings. The van der Waals surface area contributed by atoms with Crippen LogP contribution in [0.4, 0.5) is 0 Å². The van der Waals surface area contributed by atoms with E-state index in [9.17, 15) is 10.2 Å². The van der Waals surface area contributed by atoms with Crippen LogP contribution >= 0.6 is 11.6 Å². The Labute approximate surface area is 86.4 Å². The molecule has 0 bridgehead atoms. The highest BCUT2D eigenvalue weighted by atomic mass is 35.5. The van der Waals surface area contributed by atoms with Gasteiger partial charge in [0.2, 0.25) is 0 Å². The molecule has 1 aromatic heterocycles. The van der Waals surface area contributed by atoms with E-state index < -0.39 is 12.2 Å². The van der Waals surface area contributed by atoms with Crippen LogP contribution in [-0.2, 0) is 0 Å². The van der Waals surface area contributed by atoms with Crippen molar-refractivity contribution in [2.75, 3.05) is 0 Å². The lowest BCUT2D eigenvalue weighted by Gasteiger charge is -2.14. The maximum absolute atomic E-state index is 9.53. The molecule has 74 valence electrons. The second-order valence-electron chi connectivity index (χ2n) is 2.79. The molecule has 1 heterocycles. The Morgan fingerprint density at radius 1 is 1.50 bits per heavy atom. The predicted molar refractivity (Wildman–Crippen MR) is 50.4 cm³/mol. The standard InChI is InChI=1S/C9H9ClN2O2/c10-8-2-1-6(5-12-8)9(14)7(13)3-4-11/h1-2,5,7,9,13-14H,3H2. The SMILES string of the molecule is N#CCC(O)C(O)c1ccc(Cl)nc1. The van der Waals surface area contributed by atoms with Gasteiger partial charge in [-0.25, -0.2) is 4.98 Å². The number of aliphatic hydroxyl groups excluding tert-OH is 2. The molecule has 0 radical (unpaired) electrons. The highest BCUT2D eigenvalue weighted by molar-refractivity contribution is 6.29. The van der Waals surface area contributed by atoms with E-state index in [2.05, 4.69) is 4.98 Å². The van der Waals surface area contributed by atoms with Gasteiger partial charge in [0.25, 0.3) is 0 Å². The summed E-state index contributed by atoms with van der Waals surface area (Å²) in [4.78, 5) is 3.75. The molecule has 14 heavy (non-hydrogen) atoms. The molecule has 0 aliphatic heterocycles. The van der Waals surface area contributed by atoms with Crippen molar-refractivity contribution in [3.8, 4) is 6.07 Å². The summed E-state index contributed by atoms with van der Waals surface area (Å²) in [6, 6.07) is 4.84. The van der Waals surface area contributed by atoms with Gasteiger partial charge >= 0.3 is 0 Å². The summed E-state index contributed by atoms with van der Waals surface area (Å²) in [5.41, 5.74) is 0.442. The van der Waals surface area contributed by atoms with Crippen molar-refractivity contribution in [2.45, 2.75) is 18.6 Å². The van der Waals surface area contributed by atoms with Gasteiger partial charge in [-0.2, -0.15) is 5.26 Å². The lowest BCUT2D eigenvalue weighted by molar-refractivity contribution is 0.0214. The van der Waals surface area contributed by atoms with E-state index >= 15 is 0 Å². The molecule has 1 rings (SSSR count). The van der Waals surface area contributed by atoms with Gasteiger partial charge in [-0.1, -0.05) is 17.7 Å². The van der Waals surface area contributed by atoms with Crippen molar-refractivity contribution in [1.82, 2.24) is 4.98 Å². The number of pyridine rings is 1. The first-order valence-electron chi connectivity index (χ1n) is 3.99. The first-order valence-corrected chi connectivity index (χ1v) is 4.37.